The molecule has 1 atom stereocenters. The van der Waals surface area contributed by atoms with Crippen molar-refractivity contribution in [1.29, 1.82) is 0 Å². The summed E-state index contributed by atoms with van der Waals surface area (Å²) < 4.78 is 0. The lowest BCUT2D eigenvalue weighted by Gasteiger charge is -2.26. The minimum Gasteiger partial charge on any atom is -0.361 e. The number of fused-ring (bicyclic) bond motifs is 1. The number of carbonyl (C=O) groups excluding carboxylic acids is 2. The third-order valence-corrected chi connectivity index (χ3v) is 4.37. The van der Waals surface area contributed by atoms with E-state index in [4.69, 9.17) is 0 Å². The standard InChI is InChI=1S/C18H24N4O2/c1-12(17(23)21(2)3)20-18(24)22(15-5-6-15)11-13-4-7-16-14(10-13)8-9-19-16/h4,7-10,12,15,19H,5-6,11H2,1-3H3,(H,20,24). The smallest absolute Gasteiger partial charge is 0.318 e. The second-order valence-corrected chi connectivity index (χ2v) is 6.66. The molecule has 1 aliphatic carbocycles. The number of carbonyl (C=O) groups is 2. The highest BCUT2D eigenvalue weighted by molar-refractivity contribution is 5.86. The van der Waals surface area contributed by atoms with Gasteiger partial charge in [0, 0.05) is 38.4 Å². The molecule has 1 unspecified atom stereocenters. The largest absolute Gasteiger partial charge is 0.361 e. The van der Waals surface area contributed by atoms with Gasteiger partial charge in [-0.25, -0.2) is 4.79 Å². The van der Waals surface area contributed by atoms with Crippen LogP contribution in [0.2, 0.25) is 0 Å². The molecule has 6 nitrogen and oxygen atoms in total. The van der Waals surface area contributed by atoms with Crippen LogP contribution < -0.4 is 5.32 Å². The monoisotopic (exact) mass is 328 g/mol. The molecule has 0 spiro atoms. The third-order valence-electron chi connectivity index (χ3n) is 4.37. The van der Waals surface area contributed by atoms with Gasteiger partial charge in [0.05, 0.1) is 0 Å². The number of aromatic nitrogens is 1. The van der Waals surface area contributed by atoms with E-state index in [0.717, 1.165) is 29.3 Å². The highest BCUT2D eigenvalue weighted by atomic mass is 16.2. The summed E-state index contributed by atoms with van der Waals surface area (Å²) in [6.07, 6.45) is 3.96. The number of rotatable bonds is 5. The number of urea groups is 1. The Balaban J connectivity index is 1.70. The molecule has 0 bridgehead atoms. The van der Waals surface area contributed by atoms with E-state index in [-0.39, 0.29) is 18.0 Å². The van der Waals surface area contributed by atoms with E-state index in [2.05, 4.69) is 16.4 Å². The van der Waals surface area contributed by atoms with E-state index in [9.17, 15) is 9.59 Å². The number of H-pyrrole nitrogens is 1. The molecule has 1 heterocycles. The van der Waals surface area contributed by atoms with Gasteiger partial charge in [-0.3, -0.25) is 4.79 Å². The second-order valence-electron chi connectivity index (χ2n) is 6.66. The van der Waals surface area contributed by atoms with Crippen LogP contribution in [0.4, 0.5) is 4.79 Å². The van der Waals surface area contributed by atoms with Crippen LogP contribution >= 0.6 is 0 Å². The molecule has 1 aromatic heterocycles. The van der Waals surface area contributed by atoms with E-state index in [0.29, 0.717) is 6.54 Å². The first-order valence-electron chi connectivity index (χ1n) is 8.30. The Hall–Kier alpha value is -2.50. The minimum absolute atomic E-state index is 0.104. The number of likely N-dealkylation sites (N-methyl/N-ethyl adjacent to an activating group) is 1. The lowest BCUT2D eigenvalue weighted by molar-refractivity contribution is -0.130. The zero-order chi connectivity index (χ0) is 17.3. The average molecular weight is 328 g/mol. The Morgan fingerprint density at radius 2 is 2.04 bits per heavy atom. The summed E-state index contributed by atoms with van der Waals surface area (Å²) in [6, 6.07) is 7.77. The summed E-state index contributed by atoms with van der Waals surface area (Å²) in [4.78, 5) is 31.1. The molecular weight excluding hydrogens is 304 g/mol. The van der Waals surface area contributed by atoms with Crippen molar-refractivity contribution in [3.8, 4) is 0 Å². The van der Waals surface area contributed by atoms with Gasteiger partial charge < -0.3 is 20.1 Å². The van der Waals surface area contributed by atoms with Crippen molar-refractivity contribution in [2.45, 2.75) is 38.4 Å². The maximum atomic E-state index is 12.6. The number of benzene rings is 1. The number of hydrogen-bond donors (Lipinski definition) is 2. The van der Waals surface area contributed by atoms with Gasteiger partial charge in [0.25, 0.3) is 0 Å². The number of hydrogen-bond acceptors (Lipinski definition) is 2. The minimum atomic E-state index is -0.527. The van der Waals surface area contributed by atoms with Gasteiger partial charge >= 0.3 is 6.03 Å². The van der Waals surface area contributed by atoms with Crippen LogP contribution in [-0.2, 0) is 11.3 Å². The summed E-state index contributed by atoms with van der Waals surface area (Å²) in [6.45, 7) is 2.28. The fourth-order valence-electron chi connectivity index (χ4n) is 2.87. The van der Waals surface area contributed by atoms with Gasteiger partial charge in [0.2, 0.25) is 5.91 Å². The van der Waals surface area contributed by atoms with Crippen molar-refractivity contribution >= 4 is 22.8 Å². The Kier molecular flexibility index (Phi) is 4.46. The highest BCUT2D eigenvalue weighted by Gasteiger charge is 2.33. The molecule has 3 amide bonds. The van der Waals surface area contributed by atoms with Crippen LogP contribution in [0, 0.1) is 0 Å². The molecule has 2 N–H and O–H groups in total. The first-order chi connectivity index (χ1) is 11.5. The maximum absolute atomic E-state index is 12.6. The summed E-state index contributed by atoms with van der Waals surface area (Å²) in [5.41, 5.74) is 2.18. The summed E-state index contributed by atoms with van der Waals surface area (Å²) >= 11 is 0. The van der Waals surface area contributed by atoms with Crippen molar-refractivity contribution in [3.63, 3.8) is 0 Å². The van der Waals surface area contributed by atoms with Crippen molar-refractivity contribution in [2.24, 2.45) is 0 Å². The molecule has 128 valence electrons. The van der Waals surface area contributed by atoms with Gasteiger partial charge in [-0.05, 0) is 48.9 Å². The molecule has 1 aromatic carbocycles. The topological polar surface area (TPSA) is 68.4 Å². The van der Waals surface area contributed by atoms with Crippen LogP contribution in [0.25, 0.3) is 10.9 Å². The molecule has 1 saturated carbocycles. The van der Waals surface area contributed by atoms with Gasteiger partial charge in [0.15, 0.2) is 0 Å². The van der Waals surface area contributed by atoms with Crippen LogP contribution in [0.5, 0.6) is 0 Å². The molecule has 0 radical (unpaired) electrons. The normalized spacial score (nSPS) is 15.1. The molecule has 3 rings (SSSR count). The average Bonchev–Trinajstić information content (AvgIpc) is 3.28. The Morgan fingerprint density at radius 1 is 1.29 bits per heavy atom. The second kappa shape index (κ2) is 6.55. The quantitative estimate of drug-likeness (QED) is 0.884. The third kappa shape index (κ3) is 3.53. The number of aromatic amines is 1. The van der Waals surface area contributed by atoms with Gasteiger partial charge in [-0.15, -0.1) is 0 Å². The van der Waals surface area contributed by atoms with Crippen molar-refractivity contribution in [2.75, 3.05) is 14.1 Å². The fourth-order valence-corrected chi connectivity index (χ4v) is 2.87. The lowest BCUT2D eigenvalue weighted by atomic mass is 10.1. The van der Waals surface area contributed by atoms with E-state index in [1.807, 2.05) is 29.3 Å². The molecule has 0 saturated heterocycles. The summed E-state index contributed by atoms with van der Waals surface area (Å²) in [5, 5.41) is 3.96. The zero-order valence-corrected chi connectivity index (χ0v) is 14.4. The maximum Gasteiger partial charge on any atom is 0.318 e. The number of nitrogens with one attached hydrogen (secondary N) is 2. The SMILES string of the molecule is CC(NC(=O)N(Cc1ccc2[nH]ccc2c1)C1CC1)C(=O)N(C)C. The van der Waals surface area contributed by atoms with Gasteiger partial charge in [0.1, 0.15) is 6.04 Å². The molecule has 0 aliphatic heterocycles. The van der Waals surface area contributed by atoms with Crippen molar-refractivity contribution in [1.82, 2.24) is 20.1 Å². The van der Waals surface area contributed by atoms with Gasteiger partial charge in [-0.2, -0.15) is 0 Å². The summed E-state index contributed by atoms with van der Waals surface area (Å²) in [7, 11) is 3.38. The lowest BCUT2D eigenvalue weighted by Crippen LogP contribution is -2.49. The van der Waals surface area contributed by atoms with E-state index in [1.54, 1.807) is 21.0 Å². The molecule has 1 aliphatic rings. The van der Waals surface area contributed by atoms with Crippen LogP contribution in [0.15, 0.2) is 30.5 Å². The van der Waals surface area contributed by atoms with Crippen molar-refractivity contribution in [3.05, 3.63) is 36.0 Å². The van der Waals surface area contributed by atoms with Gasteiger partial charge in [-0.1, -0.05) is 6.07 Å². The first kappa shape index (κ1) is 16.4. The predicted molar refractivity (Wildman–Crippen MR) is 93.6 cm³/mol. The predicted octanol–water partition coefficient (Wildman–Crippen LogP) is 2.32. The van der Waals surface area contributed by atoms with Crippen molar-refractivity contribution < 1.29 is 9.59 Å². The Bertz CT molecular complexity index is 748. The highest BCUT2D eigenvalue weighted by Crippen LogP contribution is 2.29. The molecule has 2 aromatic rings. The Morgan fingerprint density at radius 3 is 2.71 bits per heavy atom. The molecule has 1 fully saturated rings. The number of amides is 3. The van der Waals surface area contributed by atoms with E-state index < -0.39 is 6.04 Å². The number of nitrogens with zero attached hydrogens (tertiary/aromatic N) is 2. The van der Waals surface area contributed by atoms with Crippen LogP contribution in [0.3, 0.4) is 0 Å². The fraction of sp³-hybridized carbons (Fsp3) is 0.444. The van der Waals surface area contributed by atoms with E-state index >= 15 is 0 Å². The van der Waals surface area contributed by atoms with Crippen LogP contribution in [0.1, 0.15) is 25.3 Å². The van der Waals surface area contributed by atoms with E-state index in [1.165, 1.54) is 4.90 Å². The first-order valence-corrected chi connectivity index (χ1v) is 8.30. The summed E-state index contributed by atoms with van der Waals surface area (Å²) in [5.74, 6) is -0.104. The van der Waals surface area contributed by atoms with Crippen LogP contribution in [-0.4, -0.2) is 52.9 Å². The molecule has 6 heteroatoms. The molecular formula is C18H24N4O2. The Labute approximate surface area is 141 Å². The molecule has 24 heavy (non-hydrogen) atoms. The zero-order valence-electron chi connectivity index (χ0n) is 14.4.